The first-order chi connectivity index (χ1) is 16.9. The molecule has 0 spiro atoms. The number of ether oxygens (including phenoxy) is 1. The fraction of sp³-hybridized carbons (Fsp3) is 0.269. The van der Waals surface area contributed by atoms with Crippen molar-refractivity contribution in [3.8, 4) is 16.9 Å². The molecular weight excluding hydrogens is 469 g/mol. The van der Waals surface area contributed by atoms with E-state index in [1.54, 1.807) is 17.8 Å². The van der Waals surface area contributed by atoms with Gasteiger partial charge in [-0.1, -0.05) is 17.7 Å². The molecule has 1 fully saturated rings. The topological polar surface area (TPSA) is 71.8 Å². The van der Waals surface area contributed by atoms with Crippen LogP contribution in [-0.4, -0.2) is 46.2 Å². The maximum absolute atomic E-state index is 14.2. The van der Waals surface area contributed by atoms with Gasteiger partial charge >= 0.3 is 0 Å². The zero-order valence-electron chi connectivity index (χ0n) is 19.5. The Morgan fingerprint density at radius 2 is 2.00 bits per heavy atom. The smallest absolute Gasteiger partial charge is 0.256 e. The Labute approximate surface area is 207 Å². The Morgan fingerprint density at radius 1 is 1.20 bits per heavy atom. The number of nitrogens with one attached hydrogen (secondary N) is 1. The number of hydrogen-bond donors (Lipinski definition) is 1. The maximum atomic E-state index is 14.2. The van der Waals surface area contributed by atoms with E-state index in [9.17, 15) is 9.18 Å². The number of nitrogens with zero attached hydrogens (tertiary/aromatic N) is 4. The molecule has 1 amide bonds. The Hall–Kier alpha value is -3.65. The van der Waals surface area contributed by atoms with Crippen LogP contribution >= 0.6 is 11.6 Å². The van der Waals surface area contributed by atoms with Gasteiger partial charge < -0.3 is 15.0 Å². The van der Waals surface area contributed by atoms with Crippen LogP contribution in [0.15, 0.2) is 61.1 Å². The first-order valence-electron chi connectivity index (χ1n) is 11.4. The summed E-state index contributed by atoms with van der Waals surface area (Å²) in [6, 6.07) is 12.2. The number of carbonyl (C=O) groups is 1. The van der Waals surface area contributed by atoms with Crippen LogP contribution in [0.1, 0.15) is 30.1 Å². The largest absolute Gasteiger partial charge is 0.495 e. The van der Waals surface area contributed by atoms with Crippen molar-refractivity contribution < 1.29 is 13.9 Å². The summed E-state index contributed by atoms with van der Waals surface area (Å²) in [5.74, 6) is 0.474. The SMILES string of the molecule is COc1cc(-c2ccc(N3CCC(C)(NC(=O)c4c(F)cccc4Cl)CC3)nc2)c2ccnn2c1. The fourth-order valence-electron chi connectivity index (χ4n) is 4.49. The van der Waals surface area contributed by atoms with Gasteiger partial charge in [0.25, 0.3) is 5.91 Å². The Bertz CT molecular complexity index is 1360. The summed E-state index contributed by atoms with van der Waals surface area (Å²) in [4.78, 5) is 19.6. The third kappa shape index (κ3) is 4.53. The summed E-state index contributed by atoms with van der Waals surface area (Å²) in [5.41, 5.74) is 2.35. The van der Waals surface area contributed by atoms with Crippen molar-refractivity contribution in [2.45, 2.75) is 25.3 Å². The van der Waals surface area contributed by atoms with Crippen LogP contribution in [0.3, 0.4) is 0 Å². The van der Waals surface area contributed by atoms with Crippen LogP contribution in [0.5, 0.6) is 5.75 Å². The molecule has 0 aliphatic carbocycles. The lowest BCUT2D eigenvalue weighted by molar-refractivity contribution is 0.0887. The monoisotopic (exact) mass is 493 g/mol. The molecule has 1 N–H and O–H groups in total. The number of benzene rings is 1. The summed E-state index contributed by atoms with van der Waals surface area (Å²) in [6.45, 7) is 3.40. The van der Waals surface area contributed by atoms with Crippen LogP contribution in [0.25, 0.3) is 16.6 Å². The summed E-state index contributed by atoms with van der Waals surface area (Å²) >= 11 is 6.06. The standard InChI is InChI=1S/C26H25ClFN5O2/c1-26(31-25(34)24-20(27)4-3-5-21(24)28)9-12-32(13-10-26)23-7-6-17(15-29-23)19-14-18(35-2)16-33-22(19)8-11-30-33/h3-8,11,14-16H,9-10,12-13H2,1-2H3,(H,31,34). The zero-order chi connectivity index (χ0) is 24.6. The lowest BCUT2D eigenvalue weighted by atomic mass is 9.89. The fourth-order valence-corrected chi connectivity index (χ4v) is 4.73. The normalized spacial score (nSPS) is 15.3. The Balaban J connectivity index is 1.28. The average molecular weight is 494 g/mol. The maximum Gasteiger partial charge on any atom is 0.256 e. The lowest BCUT2D eigenvalue weighted by Crippen LogP contribution is -2.53. The number of piperidine rings is 1. The molecule has 0 saturated carbocycles. The summed E-state index contributed by atoms with van der Waals surface area (Å²) < 4.78 is 21.4. The number of fused-ring (bicyclic) bond motifs is 1. The van der Waals surface area contributed by atoms with Crippen LogP contribution in [0, 0.1) is 5.82 Å². The molecule has 0 radical (unpaired) electrons. The molecule has 1 saturated heterocycles. The minimum absolute atomic E-state index is 0.108. The molecule has 7 nitrogen and oxygen atoms in total. The molecule has 1 aromatic carbocycles. The van der Waals surface area contributed by atoms with E-state index in [1.807, 2.05) is 43.6 Å². The van der Waals surface area contributed by atoms with Gasteiger partial charge in [0.2, 0.25) is 0 Å². The van der Waals surface area contributed by atoms with Crippen LogP contribution in [-0.2, 0) is 0 Å². The number of hydrogen-bond acceptors (Lipinski definition) is 5. The third-order valence-electron chi connectivity index (χ3n) is 6.57. The molecule has 0 atom stereocenters. The first kappa shape index (κ1) is 23.1. The van der Waals surface area contributed by atoms with Gasteiger partial charge in [-0.2, -0.15) is 5.10 Å². The van der Waals surface area contributed by atoms with Gasteiger partial charge in [0.1, 0.15) is 17.4 Å². The van der Waals surface area contributed by atoms with Gasteiger partial charge in [-0.05, 0) is 56.2 Å². The number of rotatable bonds is 5. The molecule has 1 aliphatic heterocycles. The predicted octanol–water partition coefficient (Wildman–Crippen LogP) is 4.99. The van der Waals surface area contributed by atoms with Gasteiger partial charge in [-0.15, -0.1) is 0 Å². The van der Waals surface area contributed by atoms with E-state index in [0.29, 0.717) is 31.7 Å². The van der Waals surface area contributed by atoms with Crippen molar-refractivity contribution in [1.29, 1.82) is 0 Å². The number of anilines is 1. The summed E-state index contributed by atoms with van der Waals surface area (Å²) in [5, 5.41) is 7.42. The van der Waals surface area contributed by atoms with Crippen LogP contribution in [0.2, 0.25) is 5.02 Å². The van der Waals surface area contributed by atoms with Crippen molar-refractivity contribution in [1.82, 2.24) is 19.9 Å². The van der Waals surface area contributed by atoms with Gasteiger partial charge in [0, 0.05) is 36.0 Å². The van der Waals surface area contributed by atoms with E-state index in [-0.39, 0.29) is 10.6 Å². The van der Waals surface area contributed by atoms with Gasteiger partial charge in [0.05, 0.1) is 35.6 Å². The third-order valence-corrected chi connectivity index (χ3v) is 6.89. The van der Waals surface area contributed by atoms with Crippen LogP contribution in [0.4, 0.5) is 10.2 Å². The highest BCUT2D eigenvalue weighted by Crippen LogP contribution is 2.31. The second-order valence-corrected chi connectivity index (χ2v) is 9.37. The molecule has 5 rings (SSSR count). The number of methoxy groups -OCH3 is 1. The number of amides is 1. The van der Waals surface area contributed by atoms with Crippen LogP contribution < -0.4 is 15.0 Å². The average Bonchev–Trinajstić information content (AvgIpc) is 3.32. The second-order valence-electron chi connectivity index (χ2n) is 8.96. The zero-order valence-corrected chi connectivity index (χ0v) is 20.2. The highest BCUT2D eigenvalue weighted by molar-refractivity contribution is 6.33. The number of halogens is 2. The van der Waals surface area contributed by atoms with Gasteiger partial charge in [-0.3, -0.25) is 4.79 Å². The van der Waals surface area contributed by atoms with Crippen molar-refractivity contribution in [2.75, 3.05) is 25.1 Å². The minimum atomic E-state index is -0.621. The van der Waals surface area contributed by atoms with E-state index < -0.39 is 17.3 Å². The number of pyridine rings is 2. The van der Waals surface area contributed by atoms with Crippen molar-refractivity contribution in [3.63, 3.8) is 0 Å². The number of aromatic nitrogens is 3. The molecular formula is C26H25ClFN5O2. The van der Waals surface area contributed by atoms with Gasteiger partial charge in [0.15, 0.2) is 0 Å². The molecule has 1 aliphatic rings. The minimum Gasteiger partial charge on any atom is -0.495 e. The first-order valence-corrected chi connectivity index (χ1v) is 11.7. The molecule has 9 heteroatoms. The van der Waals surface area contributed by atoms with Gasteiger partial charge in [-0.25, -0.2) is 13.9 Å². The predicted molar refractivity (Wildman–Crippen MR) is 134 cm³/mol. The highest BCUT2D eigenvalue weighted by atomic mass is 35.5. The Kier molecular flexibility index (Phi) is 6.06. The quantitative estimate of drug-likeness (QED) is 0.424. The molecule has 3 aromatic heterocycles. The summed E-state index contributed by atoms with van der Waals surface area (Å²) in [6.07, 6.45) is 6.84. The molecule has 0 unspecified atom stereocenters. The molecule has 0 bridgehead atoms. The van der Waals surface area contributed by atoms with E-state index in [2.05, 4.69) is 15.3 Å². The molecule has 4 heterocycles. The Morgan fingerprint density at radius 3 is 2.69 bits per heavy atom. The van der Waals surface area contributed by atoms with E-state index in [4.69, 9.17) is 21.3 Å². The van der Waals surface area contributed by atoms with E-state index in [1.165, 1.54) is 18.2 Å². The lowest BCUT2D eigenvalue weighted by Gasteiger charge is -2.40. The van der Waals surface area contributed by atoms with E-state index in [0.717, 1.165) is 22.5 Å². The second kappa shape index (κ2) is 9.19. The molecule has 35 heavy (non-hydrogen) atoms. The highest BCUT2D eigenvalue weighted by Gasteiger charge is 2.33. The molecule has 180 valence electrons. The molecule has 4 aromatic rings. The van der Waals surface area contributed by atoms with Crippen molar-refractivity contribution in [2.24, 2.45) is 0 Å². The van der Waals surface area contributed by atoms with Crippen molar-refractivity contribution in [3.05, 3.63) is 77.5 Å². The summed E-state index contributed by atoms with van der Waals surface area (Å²) in [7, 11) is 1.63. The van der Waals surface area contributed by atoms with E-state index >= 15 is 0 Å². The number of carbonyl (C=O) groups excluding carboxylic acids is 1. The van der Waals surface area contributed by atoms with Crippen molar-refractivity contribution >= 4 is 28.8 Å².